The second-order valence-corrected chi connectivity index (χ2v) is 9.57. The first kappa shape index (κ1) is 25.8. The summed E-state index contributed by atoms with van der Waals surface area (Å²) in [6, 6.07) is 17.8. The van der Waals surface area contributed by atoms with Crippen molar-refractivity contribution in [1.29, 1.82) is 0 Å². The number of hydrogen-bond donors (Lipinski definition) is 0. The van der Waals surface area contributed by atoms with Gasteiger partial charge in [-0.3, -0.25) is 9.69 Å². The smallest absolute Gasteiger partial charge is 0.338 e. The Kier molecular flexibility index (Phi) is 7.67. The molecule has 0 saturated carbocycles. The SMILES string of the molecule is CCCOC(=O)c1ccc(Oc2c(C)oc3c4c(ccc3c2=O)OCN(CCc2ccccc2Cl)C4)cc1. The second-order valence-electron chi connectivity index (χ2n) is 9.17. The fourth-order valence-electron chi connectivity index (χ4n) is 4.40. The summed E-state index contributed by atoms with van der Waals surface area (Å²) in [6.45, 7) is 5.76. The van der Waals surface area contributed by atoms with E-state index in [9.17, 15) is 9.59 Å². The minimum atomic E-state index is -0.396. The van der Waals surface area contributed by atoms with Gasteiger partial charge in [0.1, 0.15) is 29.6 Å². The number of benzene rings is 3. The molecule has 0 radical (unpaired) electrons. The minimum Gasteiger partial charge on any atom is -0.478 e. The van der Waals surface area contributed by atoms with E-state index in [-0.39, 0.29) is 11.2 Å². The van der Waals surface area contributed by atoms with Crippen LogP contribution in [-0.4, -0.2) is 30.8 Å². The fraction of sp³-hybridized carbons (Fsp3) is 0.267. The number of hydrogen-bond acceptors (Lipinski definition) is 7. The zero-order valence-electron chi connectivity index (χ0n) is 21.3. The van der Waals surface area contributed by atoms with Crippen LogP contribution in [-0.2, 0) is 17.7 Å². The average Bonchev–Trinajstić information content (AvgIpc) is 2.93. The molecular formula is C30H28ClNO6. The fourth-order valence-corrected chi connectivity index (χ4v) is 4.63. The van der Waals surface area contributed by atoms with Crippen LogP contribution in [0.4, 0.5) is 0 Å². The molecule has 38 heavy (non-hydrogen) atoms. The van der Waals surface area contributed by atoms with Crippen molar-refractivity contribution in [3.8, 4) is 17.2 Å². The summed E-state index contributed by atoms with van der Waals surface area (Å²) in [5.41, 5.74) is 2.54. The van der Waals surface area contributed by atoms with Gasteiger partial charge in [0.05, 0.1) is 23.1 Å². The number of aryl methyl sites for hydroxylation is 1. The molecule has 0 unspecified atom stereocenters. The lowest BCUT2D eigenvalue weighted by Crippen LogP contribution is -2.33. The van der Waals surface area contributed by atoms with Gasteiger partial charge < -0.3 is 18.6 Å². The van der Waals surface area contributed by atoms with E-state index >= 15 is 0 Å². The predicted molar refractivity (Wildman–Crippen MR) is 145 cm³/mol. The predicted octanol–water partition coefficient (Wildman–Crippen LogP) is 6.51. The van der Waals surface area contributed by atoms with Crippen molar-refractivity contribution in [2.75, 3.05) is 19.9 Å². The molecule has 0 atom stereocenters. The summed E-state index contributed by atoms with van der Waals surface area (Å²) in [4.78, 5) is 27.6. The molecule has 1 aromatic heterocycles. The number of halogens is 1. The Morgan fingerprint density at radius 3 is 2.63 bits per heavy atom. The van der Waals surface area contributed by atoms with E-state index in [4.69, 9.17) is 30.2 Å². The monoisotopic (exact) mass is 533 g/mol. The van der Waals surface area contributed by atoms with Crippen molar-refractivity contribution in [3.05, 3.63) is 98.4 Å². The van der Waals surface area contributed by atoms with Gasteiger partial charge in [0.2, 0.25) is 11.2 Å². The highest BCUT2D eigenvalue weighted by molar-refractivity contribution is 6.31. The zero-order valence-corrected chi connectivity index (χ0v) is 22.0. The molecule has 0 N–H and O–H groups in total. The summed E-state index contributed by atoms with van der Waals surface area (Å²) < 4.78 is 23.2. The molecule has 1 aliphatic heterocycles. The van der Waals surface area contributed by atoms with Gasteiger partial charge in [0.15, 0.2) is 0 Å². The van der Waals surface area contributed by atoms with Crippen molar-refractivity contribution in [3.63, 3.8) is 0 Å². The molecule has 0 saturated heterocycles. The van der Waals surface area contributed by atoms with Crippen LogP contribution in [0.2, 0.25) is 5.02 Å². The van der Waals surface area contributed by atoms with Crippen LogP contribution in [0.1, 0.15) is 40.6 Å². The molecule has 2 heterocycles. The van der Waals surface area contributed by atoms with E-state index in [0.29, 0.717) is 53.7 Å². The number of nitrogens with zero attached hydrogens (tertiary/aromatic N) is 1. The van der Waals surface area contributed by atoms with E-state index in [1.807, 2.05) is 31.2 Å². The summed E-state index contributed by atoms with van der Waals surface area (Å²) in [7, 11) is 0. The minimum absolute atomic E-state index is 0.103. The molecule has 5 rings (SSSR count). The van der Waals surface area contributed by atoms with E-state index in [2.05, 4.69) is 4.90 Å². The Morgan fingerprint density at radius 2 is 1.87 bits per heavy atom. The van der Waals surface area contributed by atoms with E-state index in [1.165, 1.54) is 0 Å². The van der Waals surface area contributed by atoms with Crippen LogP contribution < -0.4 is 14.9 Å². The second kappa shape index (κ2) is 11.3. The van der Waals surface area contributed by atoms with Crippen LogP contribution in [0.15, 0.2) is 69.9 Å². The maximum Gasteiger partial charge on any atom is 0.338 e. The molecule has 8 heteroatoms. The summed E-state index contributed by atoms with van der Waals surface area (Å²) in [5, 5.41) is 1.16. The Labute approximate surface area is 225 Å². The lowest BCUT2D eigenvalue weighted by atomic mass is 10.1. The van der Waals surface area contributed by atoms with Crippen LogP contribution >= 0.6 is 11.6 Å². The first-order valence-corrected chi connectivity index (χ1v) is 12.9. The third-order valence-electron chi connectivity index (χ3n) is 6.43. The van der Waals surface area contributed by atoms with Gasteiger partial charge in [-0.25, -0.2) is 4.79 Å². The first-order chi connectivity index (χ1) is 18.4. The topological polar surface area (TPSA) is 78.2 Å². The zero-order chi connectivity index (χ0) is 26.6. The Balaban J connectivity index is 1.37. The van der Waals surface area contributed by atoms with Crippen LogP contribution in [0, 0.1) is 6.92 Å². The van der Waals surface area contributed by atoms with E-state index in [1.54, 1.807) is 43.3 Å². The van der Waals surface area contributed by atoms with Gasteiger partial charge in [-0.1, -0.05) is 36.7 Å². The molecule has 0 amide bonds. The van der Waals surface area contributed by atoms with E-state index < -0.39 is 5.97 Å². The Morgan fingerprint density at radius 1 is 1.08 bits per heavy atom. The lowest BCUT2D eigenvalue weighted by molar-refractivity contribution is 0.0505. The molecule has 0 spiro atoms. The molecule has 3 aromatic carbocycles. The van der Waals surface area contributed by atoms with Crippen molar-refractivity contribution in [2.24, 2.45) is 0 Å². The molecule has 0 fully saturated rings. The normalized spacial score (nSPS) is 13.1. The highest BCUT2D eigenvalue weighted by Crippen LogP contribution is 2.34. The molecule has 4 aromatic rings. The number of ether oxygens (including phenoxy) is 3. The average molecular weight is 534 g/mol. The maximum atomic E-state index is 13.4. The maximum absolute atomic E-state index is 13.4. The number of esters is 1. The van der Waals surface area contributed by atoms with Gasteiger partial charge in [0, 0.05) is 18.1 Å². The highest BCUT2D eigenvalue weighted by atomic mass is 35.5. The molecular weight excluding hydrogens is 506 g/mol. The largest absolute Gasteiger partial charge is 0.478 e. The quantitative estimate of drug-likeness (QED) is 0.239. The van der Waals surface area contributed by atoms with E-state index in [0.717, 1.165) is 35.5 Å². The first-order valence-electron chi connectivity index (χ1n) is 12.6. The molecule has 1 aliphatic rings. The number of rotatable bonds is 8. The van der Waals surface area contributed by atoms with Crippen molar-refractivity contribution >= 4 is 28.5 Å². The Bertz CT molecular complexity index is 1530. The summed E-state index contributed by atoms with van der Waals surface area (Å²) in [6.07, 6.45) is 1.53. The van der Waals surface area contributed by atoms with Gasteiger partial charge >= 0.3 is 5.97 Å². The van der Waals surface area contributed by atoms with Gasteiger partial charge in [-0.05, 0) is 67.8 Å². The Hall–Kier alpha value is -3.81. The van der Waals surface area contributed by atoms with Crippen LogP contribution in [0.5, 0.6) is 17.2 Å². The molecule has 7 nitrogen and oxygen atoms in total. The number of carbonyl (C=O) groups excluding carboxylic acids is 1. The highest BCUT2D eigenvalue weighted by Gasteiger charge is 2.24. The molecule has 196 valence electrons. The number of carbonyl (C=O) groups is 1. The molecule has 0 bridgehead atoms. The van der Waals surface area contributed by atoms with Crippen molar-refractivity contribution in [2.45, 2.75) is 33.2 Å². The summed E-state index contributed by atoms with van der Waals surface area (Å²) >= 11 is 6.32. The number of fused-ring (bicyclic) bond motifs is 3. The lowest BCUT2D eigenvalue weighted by Gasteiger charge is -2.29. The molecule has 0 aliphatic carbocycles. The third-order valence-corrected chi connectivity index (χ3v) is 6.80. The van der Waals surface area contributed by atoms with Gasteiger partial charge in [-0.2, -0.15) is 0 Å². The third kappa shape index (κ3) is 5.39. The van der Waals surface area contributed by atoms with Crippen LogP contribution in [0.25, 0.3) is 11.0 Å². The van der Waals surface area contributed by atoms with Crippen molar-refractivity contribution in [1.82, 2.24) is 4.90 Å². The van der Waals surface area contributed by atoms with Crippen molar-refractivity contribution < 1.29 is 23.4 Å². The standard InChI is InChI=1S/C30H28ClNO6/c1-3-16-35-30(34)21-8-10-22(11-9-21)38-28-19(2)37-29-23(27(28)33)12-13-26-24(29)17-32(18-36-26)15-14-20-6-4-5-7-25(20)31/h4-13H,3,14-18H2,1-2H3. The van der Waals surface area contributed by atoms with Gasteiger partial charge in [0.25, 0.3) is 0 Å². The summed E-state index contributed by atoms with van der Waals surface area (Å²) in [5.74, 6) is 1.18. The van der Waals surface area contributed by atoms with Crippen LogP contribution in [0.3, 0.4) is 0 Å². The van der Waals surface area contributed by atoms with Gasteiger partial charge in [-0.15, -0.1) is 0 Å².